The summed E-state index contributed by atoms with van der Waals surface area (Å²) >= 11 is 0. The van der Waals surface area contributed by atoms with Crippen LogP contribution in [0.15, 0.2) is 18.5 Å². The highest BCUT2D eigenvalue weighted by Gasteiger charge is 2.19. The first-order valence-corrected chi connectivity index (χ1v) is 4.23. The van der Waals surface area contributed by atoms with Crippen LogP contribution < -0.4 is 10.6 Å². The Morgan fingerprint density at radius 1 is 1.69 bits per heavy atom. The van der Waals surface area contributed by atoms with Crippen LogP contribution in [0.3, 0.4) is 0 Å². The zero-order chi connectivity index (χ0) is 9.26. The van der Waals surface area contributed by atoms with Gasteiger partial charge >= 0.3 is 0 Å². The lowest BCUT2D eigenvalue weighted by Crippen LogP contribution is -2.32. The van der Waals surface area contributed by atoms with Crippen molar-refractivity contribution in [1.82, 2.24) is 4.98 Å². The predicted molar refractivity (Wildman–Crippen MR) is 49.3 cm³/mol. The molecule has 0 fully saturated rings. The standard InChI is InChI=1S/C9H11N3O/c10-9(13)6-12-4-2-7-5-11-3-1-8(7)12/h1,3,5H,2,4,6H2,(H2,10,13). The molecule has 13 heavy (non-hydrogen) atoms. The monoisotopic (exact) mass is 177 g/mol. The highest BCUT2D eigenvalue weighted by Crippen LogP contribution is 2.25. The molecule has 4 heteroatoms. The molecule has 0 radical (unpaired) electrons. The summed E-state index contributed by atoms with van der Waals surface area (Å²) in [6, 6.07) is 1.92. The van der Waals surface area contributed by atoms with Crippen LogP contribution in [0.5, 0.6) is 0 Å². The molecule has 68 valence electrons. The van der Waals surface area contributed by atoms with Gasteiger partial charge in [0.1, 0.15) is 0 Å². The topological polar surface area (TPSA) is 59.2 Å². The number of nitrogens with zero attached hydrogens (tertiary/aromatic N) is 2. The van der Waals surface area contributed by atoms with Gasteiger partial charge in [-0.25, -0.2) is 0 Å². The van der Waals surface area contributed by atoms with Gasteiger partial charge < -0.3 is 10.6 Å². The fourth-order valence-corrected chi connectivity index (χ4v) is 1.65. The average molecular weight is 177 g/mol. The number of fused-ring (bicyclic) bond motifs is 1. The van der Waals surface area contributed by atoms with Crippen molar-refractivity contribution in [2.75, 3.05) is 18.0 Å². The minimum Gasteiger partial charge on any atom is -0.368 e. The Bertz CT molecular complexity index is 337. The van der Waals surface area contributed by atoms with E-state index >= 15 is 0 Å². The second-order valence-corrected chi connectivity index (χ2v) is 3.14. The van der Waals surface area contributed by atoms with Crippen LogP contribution in [-0.4, -0.2) is 24.0 Å². The highest BCUT2D eigenvalue weighted by atomic mass is 16.1. The highest BCUT2D eigenvalue weighted by molar-refractivity contribution is 5.80. The first-order chi connectivity index (χ1) is 6.27. The normalized spacial score (nSPS) is 14.3. The molecule has 2 rings (SSSR count). The number of pyridine rings is 1. The first kappa shape index (κ1) is 8.04. The maximum absolute atomic E-state index is 10.7. The number of carbonyl (C=O) groups excluding carboxylic acids is 1. The van der Waals surface area contributed by atoms with E-state index in [4.69, 9.17) is 5.73 Å². The second kappa shape index (κ2) is 3.05. The van der Waals surface area contributed by atoms with E-state index in [1.807, 2.05) is 17.2 Å². The van der Waals surface area contributed by atoms with Gasteiger partial charge in [0.25, 0.3) is 0 Å². The van der Waals surface area contributed by atoms with Gasteiger partial charge in [-0.3, -0.25) is 9.78 Å². The number of hydrogen-bond acceptors (Lipinski definition) is 3. The van der Waals surface area contributed by atoms with Crippen LogP contribution in [0.25, 0.3) is 0 Å². The van der Waals surface area contributed by atoms with Crippen LogP contribution in [0.1, 0.15) is 5.56 Å². The summed E-state index contributed by atoms with van der Waals surface area (Å²) < 4.78 is 0. The van der Waals surface area contributed by atoms with Crippen LogP contribution in [-0.2, 0) is 11.2 Å². The van der Waals surface area contributed by atoms with E-state index in [1.54, 1.807) is 6.20 Å². The van der Waals surface area contributed by atoms with E-state index in [9.17, 15) is 4.79 Å². The second-order valence-electron chi connectivity index (χ2n) is 3.14. The summed E-state index contributed by atoms with van der Waals surface area (Å²) in [6.07, 6.45) is 4.53. The van der Waals surface area contributed by atoms with E-state index in [0.717, 1.165) is 18.7 Å². The molecule has 1 aliphatic rings. The Morgan fingerprint density at radius 3 is 3.31 bits per heavy atom. The zero-order valence-corrected chi connectivity index (χ0v) is 7.23. The Hall–Kier alpha value is -1.58. The Balaban J connectivity index is 2.23. The zero-order valence-electron chi connectivity index (χ0n) is 7.23. The van der Waals surface area contributed by atoms with Crippen molar-refractivity contribution < 1.29 is 4.79 Å². The molecule has 0 spiro atoms. The number of primary amides is 1. The third-order valence-electron chi connectivity index (χ3n) is 2.22. The van der Waals surface area contributed by atoms with E-state index in [0.29, 0.717) is 6.54 Å². The first-order valence-electron chi connectivity index (χ1n) is 4.23. The van der Waals surface area contributed by atoms with Gasteiger partial charge in [0.05, 0.1) is 6.54 Å². The van der Waals surface area contributed by atoms with E-state index in [2.05, 4.69) is 4.98 Å². The minimum absolute atomic E-state index is 0.287. The van der Waals surface area contributed by atoms with Crippen molar-refractivity contribution in [3.05, 3.63) is 24.0 Å². The SMILES string of the molecule is NC(=O)CN1CCc2cnccc21. The average Bonchev–Trinajstić information content (AvgIpc) is 2.48. The number of aromatic nitrogens is 1. The molecule has 0 saturated carbocycles. The van der Waals surface area contributed by atoms with Crippen molar-refractivity contribution >= 4 is 11.6 Å². The van der Waals surface area contributed by atoms with Crippen molar-refractivity contribution in [2.45, 2.75) is 6.42 Å². The molecule has 0 aromatic carbocycles. The largest absolute Gasteiger partial charge is 0.368 e. The molecule has 1 aromatic rings. The van der Waals surface area contributed by atoms with Crippen molar-refractivity contribution in [3.63, 3.8) is 0 Å². The molecule has 2 heterocycles. The van der Waals surface area contributed by atoms with Crippen LogP contribution >= 0.6 is 0 Å². The van der Waals surface area contributed by atoms with Crippen molar-refractivity contribution in [3.8, 4) is 0 Å². The molecule has 4 nitrogen and oxygen atoms in total. The van der Waals surface area contributed by atoms with Crippen LogP contribution in [0.2, 0.25) is 0 Å². The van der Waals surface area contributed by atoms with E-state index in [1.165, 1.54) is 5.56 Å². The predicted octanol–water partition coefficient (Wildman–Crippen LogP) is -0.0706. The van der Waals surface area contributed by atoms with E-state index in [-0.39, 0.29) is 5.91 Å². The molecular formula is C9H11N3O. The van der Waals surface area contributed by atoms with Gasteiger partial charge in [0.2, 0.25) is 5.91 Å². The van der Waals surface area contributed by atoms with E-state index < -0.39 is 0 Å². The third kappa shape index (κ3) is 1.47. The summed E-state index contributed by atoms with van der Waals surface area (Å²) in [5.41, 5.74) is 7.42. The van der Waals surface area contributed by atoms with Gasteiger partial charge in [0.15, 0.2) is 0 Å². The lowest BCUT2D eigenvalue weighted by atomic mass is 10.2. The van der Waals surface area contributed by atoms with Crippen molar-refractivity contribution in [2.24, 2.45) is 5.73 Å². The number of anilines is 1. The lowest BCUT2D eigenvalue weighted by molar-refractivity contribution is -0.116. The molecular weight excluding hydrogens is 166 g/mol. The molecule has 0 saturated heterocycles. The fraction of sp³-hybridized carbons (Fsp3) is 0.333. The summed E-state index contributed by atoms with van der Waals surface area (Å²) in [6.45, 7) is 1.17. The summed E-state index contributed by atoms with van der Waals surface area (Å²) in [5.74, 6) is -0.287. The summed E-state index contributed by atoms with van der Waals surface area (Å²) in [7, 11) is 0. The Labute approximate surface area is 76.4 Å². The molecule has 2 N–H and O–H groups in total. The number of hydrogen-bond donors (Lipinski definition) is 1. The van der Waals surface area contributed by atoms with Gasteiger partial charge in [-0.15, -0.1) is 0 Å². The molecule has 0 unspecified atom stereocenters. The minimum atomic E-state index is -0.287. The summed E-state index contributed by atoms with van der Waals surface area (Å²) in [5, 5.41) is 0. The van der Waals surface area contributed by atoms with Gasteiger partial charge in [-0.05, 0) is 18.1 Å². The molecule has 1 amide bonds. The third-order valence-corrected chi connectivity index (χ3v) is 2.22. The number of carbonyl (C=O) groups is 1. The molecule has 0 bridgehead atoms. The van der Waals surface area contributed by atoms with Gasteiger partial charge in [0, 0.05) is 24.6 Å². The maximum atomic E-state index is 10.7. The van der Waals surface area contributed by atoms with Gasteiger partial charge in [-0.1, -0.05) is 0 Å². The Kier molecular flexibility index (Phi) is 1.88. The van der Waals surface area contributed by atoms with Gasteiger partial charge in [-0.2, -0.15) is 0 Å². The molecule has 1 aliphatic heterocycles. The lowest BCUT2D eigenvalue weighted by Gasteiger charge is -2.16. The smallest absolute Gasteiger partial charge is 0.236 e. The fourth-order valence-electron chi connectivity index (χ4n) is 1.65. The number of rotatable bonds is 2. The quantitative estimate of drug-likeness (QED) is 0.688. The molecule has 1 aromatic heterocycles. The molecule has 0 aliphatic carbocycles. The molecule has 0 atom stereocenters. The van der Waals surface area contributed by atoms with Crippen LogP contribution in [0, 0.1) is 0 Å². The number of nitrogens with two attached hydrogens (primary N) is 1. The van der Waals surface area contributed by atoms with Crippen LogP contribution in [0.4, 0.5) is 5.69 Å². The maximum Gasteiger partial charge on any atom is 0.236 e. The number of amides is 1. The Morgan fingerprint density at radius 2 is 2.54 bits per heavy atom. The summed E-state index contributed by atoms with van der Waals surface area (Å²) in [4.78, 5) is 16.7. The van der Waals surface area contributed by atoms with Crippen molar-refractivity contribution in [1.29, 1.82) is 0 Å².